The van der Waals surface area contributed by atoms with Gasteiger partial charge in [-0.3, -0.25) is 14.4 Å². The van der Waals surface area contributed by atoms with Crippen molar-refractivity contribution in [3.05, 3.63) is 94.3 Å². The van der Waals surface area contributed by atoms with Gasteiger partial charge in [0.2, 0.25) is 5.78 Å². The zero-order chi connectivity index (χ0) is 32.0. The van der Waals surface area contributed by atoms with Gasteiger partial charge in [-0.25, -0.2) is 9.59 Å². The van der Waals surface area contributed by atoms with E-state index in [4.69, 9.17) is 14.2 Å². The van der Waals surface area contributed by atoms with E-state index in [0.717, 1.165) is 12.8 Å². The Labute approximate surface area is 257 Å². The van der Waals surface area contributed by atoms with Crippen molar-refractivity contribution >= 4 is 29.5 Å². The number of benzene rings is 2. The van der Waals surface area contributed by atoms with Gasteiger partial charge in [-0.15, -0.1) is 0 Å². The number of hydrogen-bond acceptors (Lipinski definition) is 8. The van der Waals surface area contributed by atoms with Crippen LogP contribution in [0.2, 0.25) is 0 Å². The van der Waals surface area contributed by atoms with Crippen molar-refractivity contribution in [3.8, 4) is 0 Å². The predicted octanol–water partition coefficient (Wildman–Crippen LogP) is 6.21. The largest absolute Gasteiger partial charge is 0.454 e. The number of Topliss-reactive ketones (excluding diaryl/α,β-unsaturated/α-hetero) is 2. The number of carbonyl (C=O) groups excluding carboxylic acids is 5. The lowest BCUT2D eigenvalue weighted by Crippen LogP contribution is -2.61. The Morgan fingerprint density at radius 3 is 1.91 bits per heavy atom. The smallest absolute Gasteiger partial charge is 0.343 e. The van der Waals surface area contributed by atoms with E-state index in [-0.39, 0.29) is 28.0 Å². The third-order valence-corrected chi connectivity index (χ3v) is 9.29. The molecule has 0 radical (unpaired) electrons. The van der Waals surface area contributed by atoms with Crippen molar-refractivity contribution < 1.29 is 38.2 Å². The molecular weight excluding hydrogens is 560 g/mol. The van der Waals surface area contributed by atoms with Crippen LogP contribution in [0.25, 0.3) is 0 Å². The number of ether oxygens (including phenoxy) is 3. The summed E-state index contributed by atoms with van der Waals surface area (Å²) in [6.07, 6.45) is -0.364. The first-order chi connectivity index (χ1) is 20.8. The molecule has 3 aliphatic rings. The maximum Gasteiger partial charge on any atom is 0.343 e. The summed E-state index contributed by atoms with van der Waals surface area (Å²) in [5, 5.41) is 0. The van der Waals surface area contributed by atoms with Gasteiger partial charge in [-0.05, 0) is 48.4 Å². The summed E-state index contributed by atoms with van der Waals surface area (Å²) in [7, 11) is 0. The molecule has 230 valence electrons. The van der Waals surface area contributed by atoms with E-state index >= 15 is 0 Å². The average molecular weight is 599 g/mol. The first-order valence-electron chi connectivity index (χ1n) is 15.1. The van der Waals surface area contributed by atoms with Crippen LogP contribution < -0.4 is 0 Å². The fourth-order valence-electron chi connectivity index (χ4n) is 7.62. The Bertz CT molecular complexity index is 1580. The number of hydrogen-bond donors (Lipinski definition) is 0. The minimum atomic E-state index is -1.33. The Morgan fingerprint density at radius 1 is 0.795 bits per heavy atom. The summed E-state index contributed by atoms with van der Waals surface area (Å²) in [6.45, 7) is 10.7. The van der Waals surface area contributed by atoms with Crippen LogP contribution in [0, 0.1) is 22.7 Å². The number of allylic oxidation sites excluding steroid dienone is 2. The highest BCUT2D eigenvalue weighted by atomic mass is 16.6. The number of esters is 3. The van der Waals surface area contributed by atoms with E-state index < -0.39 is 64.3 Å². The van der Waals surface area contributed by atoms with Crippen LogP contribution in [0.1, 0.15) is 81.5 Å². The molecule has 4 unspecified atom stereocenters. The highest BCUT2D eigenvalue weighted by Crippen LogP contribution is 2.62. The minimum absolute atomic E-state index is 0.00396. The molecule has 1 saturated carbocycles. The van der Waals surface area contributed by atoms with Crippen LogP contribution in [-0.4, -0.2) is 41.7 Å². The summed E-state index contributed by atoms with van der Waals surface area (Å²) < 4.78 is 17.8. The third kappa shape index (κ3) is 5.31. The molecule has 8 nitrogen and oxygen atoms in total. The zero-order valence-corrected chi connectivity index (χ0v) is 26.0. The van der Waals surface area contributed by atoms with Gasteiger partial charge in [0, 0.05) is 29.4 Å². The molecule has 0 amide bonds. The molecule has 8 heteroatoms. The van der Waals surface area contributed by atoms with Gasteiger partial charge in [0.1, 0.15) is 6.10 Å². The van der Waals surface area contributed by atoms with Crippen molar-refractivity contribution in [2.75, 3.05) is 0 Å². The fraction of sp³-hybridized carbons (Fsp3) is 0.417. The molecule has 0 spiro atoms. The second-order valence-electron chi connectivity index (χ2n) is 13.1. The minimum Gasteiger partial charge on any atom is -0.454 e. The van der Waals surface area contributed by atoms with Gasteiger partial charge >= 0.3 is 17.9 Å². The van der Waals surface area contributed by atoms with Gasteiger partial charge in [-0.1, -0.05) is 77.4 Å². The third-order valence-electron chi connectivity index (χ3n) is 9.29. The van der Waals surface area contributed by atoms with Crippen molar-refractivity contribution in [2.45, 2.75) is 73.0 Å². The van der Waals surface area contributed by atoms with Gasteiger partial charge in [0.25, 0.3) is 0 Å². The summed E-state index contributed by atoms with van der Waals surface area (Å²) in [5.41, 5.74) is -0.726. The van der Waals surface area contributed by atoms with E-state index in [0.29, 0.717) is 12.0 Å². The molecule has 4 atom stereocenters. The summed E-state index contributed by atoms with van der Waals surface area (Å²) in [5.74, 6) is -4.52. The zero-order valence-electron chi connectivity index (χ0n) is 26.0. The maximum absolute atomic E-state index is 14.6. The van der Waals surface area contributed by atoms with E-state index in [1.165, 1.54) is 6.92 Å². The van der Waals surface area contributed by atoms with Crippen LogP contribution in [-0.2, 0) is 28.6 Å². The lowest BCUT2D eigenvalue weighted by Gasteiger charge is -2.58. The molecule has 0 saturated heterocycles. The molecule has 0 aromatic heterocycles. The second kappa shape index (κ2) is 11.6. The highest BCUT2D eigenvalue weighted by Gasteiger charge is 2.64. The number of ketones is 2. The summed E-state index contributed by atoms with van der Waals surface area (Å²) in [6, 6.07) is 16.7. The van der Waals surface area contributed by atoms with Gasteiger partial charge in [0.05, 0.1) is 16.7 Å². The molecule has 3 aliphatic carbocycles. The lowest BCUT2D eigenvalue weighted by atomic mass is 9.47. The summed E-state index contributed by atoms with van der Waals surface area (Å²) >= 11 is 0. The standard InChI is InChI=1S/C36H38O8/c1-20(2)24-27(38)25-26(28(39)29(24)43-33(40)22-14-9-7-10-15-22)36(6)19-13-18-35(4,5)32(36)31(30(25)42-21(3)37)44-34(41)23-16-11-8-12-17-23/h7-12,14-17,20,30-32H,13,18-19H2,1-6H3. The Hall–Kier alpha value is -4.33. The van der Waals surface area contributed by atoms with Crippen LogP contribution in [0.5, 0.6) is 0 Å². The van der Waals surface area contributed by atoms with Crippen LogP contribution in [0.15, 0.2) is 83.1 Å². The molecule has 5 rings (SSSR count). The molecule has 0 bridgehead atoms. The van der Waals surface area contributed by atoms with E-state index in [1.54, 1.807) is 74.5 Å². The van der Waals surface area contributed by atoms with Crippen molar-refractivity contribution in [3.63, 3.8) is 0 Å². The highest BCUT2D eigenvalue weighted by molar-refractivity contribution is 6.26. The Balaban J connectivity index is 1.70. The molecule has 0 heterocycles. The molecule has 0 N–H and O–H groups in total. The molecular formula is C36H38O8. The topological polar surface area (TPSA) is 113 Å². The predicted molar refractivity (Wildman–Crippen MR) is 161 cm³/mol. The normalized spacial score (nSPS) is 26.1. The van der Waals surface area contributed by atoms with Gasteiger partial charge in [-0.2, -0.15) is 0 Å². The molecule has 2 aromatic carbocycles. The number of fused-ring (bicyclic) bond motifs is 2. The SMILES string of the molecule is CC(=O)OC1C2=C(C(=O)C(OC(=O)c3ccccc3)=C(C(C)C)C2=O)C2(C)CCCC(C)(C)C2C1OC(=O)c1ccccc1. The van der Waals surface area contributed by atoms with Crippen LogP contribution in [0.3, 0.4) is 0 Å². The van der Waals surface area contributed by atoms with Crippen molar-refractivity contribution in [2.24, 2.45) is 22.7 Å². The molecule has 44 heavy (non-hydrogen) atoms. The molecule has 0 aliphatic heterocycles. The number of carbonyl (C=O) groups is 5. The monoisotopic (exact) mass is 598 g/mol. The lowest BCUT2D eigenvalue weighted by molar-refractivity contribution is -0.167. The Kier molecular flexibility index (Phi) is 8.23. The average Bonchev–Trinajstić information content (AvgIpc) is 2.96. The van der Waals surface area contributed by atoms with E-state index in [2.05, 4.69) is 0 Å². The first kappa shape index (κ1) is 31.1. The number of rotatable bonds is 6. The second-order valence-corrected chi connectivity index (χ2v) is 13.1. The van der Waals surface area contributed by atoms with E-state index in [1.807, 2.05) is 20.8 Å². The quantitative estimate of drug-likeness (QED) is 0.219. The maximum atomic E-state index is 14.6. The fourth-order valence-corrected chi connectivity index (χ4v) is 7.62. The first-order valence-corrected chi connectivity index (χ1v) is 15.1. The summed E-state index contributed by atoms with van der Waals surface area (Å²) in [4.78, 5) is 68.5. The van der Waals surface area contributed by atoms with Gasteiger partial charge in [0.15, 0.2) is 17.6 Å². The van der Waals surface area contributed by atoms with Crippen LogP contribution in [0.4, 0.5) is 0 Å². The molecule has 1 fully saturated rings. The van der Waals surface area contributed by atoms with Crippen molar-refractivity contribution in [1.82, 2.24) is 0 Å². The van der Waals surface area contributed by atoms with Gasteiger partial charge < -0.3 is 14.2 Å². The van der Waals surface area contributed by atoms with E-state index in [9.17, 15) is 24.0 Å². The molecule has 2 aromatic rings. The van der Waals surface area contributed by atoms with Crippen molar-refractivity contribution in [1.29, 1.82) is 0 Å². The Morgan fingerprint density at radius 2 is 1.36 bits per heavy atom. The van der Waals surface area contributed by atoms with Crippen LogP contribution >= 0.6 is 0 Å².